The van der Waals surface area contributed by atoms with E-state index >= 15 is 0 Å². The van der Waals surface area contributed by atoms with Crippen molar-refractivity contribution in [3.8, 4) is 17.3 Å². The van der Waals surface area contributed by atoms with Crippen molar-refractivity contribution in [2.75, 3.05) is 23.7 Å². The Balaban J connectivity index is 1.51. The van der Waals surface area contributed by atoms with E-state index in [1.807, 2.05) is 44.2 Å². The van der Waals surface area contributed by atoms with Crippen LogP contribution in [0.15, 0.2) is 52.2 Å². The van der Waals surface area contributed by atoms with Crippen LogP contribution in [-0.4, -0.2) is 50.2 Å². The molecule has 0 aliphatic heterocycles. The lowest BCUT2D eigenvalue weighted by Gasteiger charge is -2.21. The van der Waals surface area contributed by atoms with Crippen molar-refractivity contribution in [1.82, 2.24) is 25.3 Å². The number of hydrogen-bond donors (Lipinski definition) is 3. The van der Waals surface area contributed by atoms with Crippen molar-refractivity contribution in [3.05, 3.63) is 48.0 Å². The minimum atomic E-state index is -0.398. The van der Waals surface area contributed by atoms with E-state index in [1.54, 1.807) is 16.7 Å². The lowest BCUT2D eigenvalue weighted by molar-refractivity contribution is -0.121. The van der Waals surface area contributed by atoms with Crippen LogP contribution in [0.5, 0.6) is 5.75 Å². The van der Waals surface area contributed by atoms with Crippen LogP contribution < -0.4 is 16.1 Å². The third-order valence-electron chi connectivity index (χ3n) is 5.22. The number of hydrogen-bond acceptors (Lipinski definition) is 9. The van der Waals surface area contributed by atoms with Crippen molar-refractivity contribution < 1.29 is 14.5 Å². The molecule has 11 nitrogen and oxygen atoms in total. The zero-order valence-corrected chi connectivity index (χ0v) is 18.3. The van der Waals surface area contributed by atoms with Gasteiger partial charge < -0.3 is 20.3 Å². The zero-order valence-electron chi connectivity index (χ0n) is 18.3. The summed E-state index contributed by atoms with van der Waals surface area (Å²) in [5.41, 5.74) is 11.4. The highest BCUT2D eigenvalue weighted by atomic mass is 16.6. The number of carbonyl (C=O) groups excluding carboxylic acids is 1. The fourth-order valence-corrected chi connectivity index (χ4v) is 3.55. The number of nitrogens with one attached hydrogen (secondary N) is 1. The molecule has 0 spiro atoms. The highest BCUT2D eigenvalue weighted by molar-refractivity contribution is 5.87. The van der Waals surface area contributed by atoms with E-state index in [9.17, 15) is 9.90 Å². The topological polar surface area (TPSA) is 148 Å². The maximum atomic E-state index is 12.6. The molecule has 0 unspecified atom stereocenters. The van der Waals surface area contributed by atoms with Gasteiger partial charge in [-0.05, 0) is 48.4 Å². The molecular weight excluding hydrogens is 424 g/mol. The Morgan fingerprint density at radius 1 is 1.24 bits per heavy atom. The zero-order chi connectivity index (χ0) is 23.4. The van der Waals surface area contributed by atoms with Crippen LogP contribution in [0.2, 0.25) is 0 Å². The van der Waals surface area contributed by atoms with Crippen molar-refractivity contribution in [2.24, 2.45) is 5.10 Å². The summed E-state index contributed by atoms with van der Waals surface area (Å²) in [6.45, 7) is 5.68. The van der Waals surface area contributed by atoms with E-state index < -0.39 is 5.91 Å². The molecule has 0 aliphatic carbocycles. The molecule has 0 fully saturated rings. The maximum absolute atomic E-state index is 12.6. The molecule has 2 aromatic heterocycles. The van der Waals surface area contributed by atoms with E-state index in [-0.39, 0.29) is 23.8 Å². The van der Waals surface area contributed by atoms with Gasteiger partial charge in [0.05, 0.1) is 17.2 Å². The van der Waals surface area contributed by atoms with E-state index in [1.165, 1.54) is 6.21 Å². The number of benzene rings is 2. The van der Waals surface area contributed by atoms with Crippen LogP contribution >= 0.6 is 0 Å². The standard InChI is InChI=1S/C22H24N8O3/c1-3-29(4-2)15-10-9-14(18(31)11-15)12-24-26-19(32)13-30-17-8-6-5-7-16(17)25-22(30)20-21(23)28-33-27-20/h5-12,31H,3-4,13H2,1-2H3,(H2,23,28)(H,26,32). The molecule has 11 heteroatoms. The van der Waals surface area contributed by atoms with Crippen LogP contribution in [0.1, 0.15) is 19.4 Å². The SMILES string of the molecule is CCN(CC)c1ccc(C=NNC(=O)Cn2c(-c3nonc3N)nc3ccccc32)c(O)c1. The predicted molar refractivity (Wildman–Crippen MR) is 125 cm³/mol. The number of aromatic hydroxyl groups is 1. The molecule has 170 valence electrons. The first kappa shape index (κ1) is 21.8. The summed E-state index contributed by atoms with van der Waals surface area (Å²) >= 11 is 0. The third kappa shape index (κ3) is 4.47. The number of fused-ring (bicyclic) bond motifs is 1. The quantitative estimate of drug-likeness (QED) is 0.275. The Labute approximate surface area is 189 Å². The summed E-state index contributed by atoms with van der Waals surface area (Å²) in [5, 5.41) is 21.7. The highest BCUT2D eigenvalue weighted by Crippen LogP contribution is 2.26. The number of nitrogens with two attached hydrogens (primary N) is 1. The van der Waals surface area contributed by atoms with Crippen LogP contribution in [0.25, 0.3) is 22.6 Å². The molecular formula is C22H24N8O3. The highest BCUT2D eigenvalue weighted by Gasteiger charge is 2.20. The number of anilines is 2. The summed E-state index contributed by atoms with van der Waals surface area (Å²) in [4.78, 5) is 19.3. The first-order valence-corrected chi connectivity index (χ1v) is 10.4. The largest absolute Gasteiger partial charge is 0.507 e. The fourth-order valence-electron chi connectivity index (χ4n) is 3.55. The van der Waals surface area contributed by atoms with Crippen molar-refractivity contribution in [2.45, 2.75) is 20.4 Å². The van der Waals surface area contributed by atoms with Crippen LogP contribution in [-0.2, 0) is 11.3 Å². The van der Waals surface area contributed by atoms with Gasteiger partial charge in [-0.3, -0.25) is 4.79 Å². The predicted octanol–water partition coefficient (Wildman–Crippen LogP) is 2.37. The number of nitrogens with zero attached hydrogens (tertiary/aromatic N) is 6. The number of nitrogen functional groups attached to an aromatic ring is 1. The van der Waals surface area contributed by atoms with Crippen molar-refractivity contribution in [3.63, 3.8) is 0 Å². The molecule has 0 radical (unpaired) electrons. The molecule has 0 aliphatic rings. The number of phenolic OH excluding ortho intramolecular Hbond substituents is 1. The number of aromatic nitrogens is 4. The second-order valence-corrected chi connectivity index (χ2v) is 7.22. The normalized spacial score (nSPS) is 11.3. The molecule has 1 amide bonds. The monoisotopic (exact) mass is 448 g/mol. The number of amides is 1. The third-order valence-corrected chi connectivity index (χ3v) is 5.22. The van der Waals surface area contributed by atoms with Crippen LogP contribution in [0.3, 0.4) is 0 Å². The second-order valence-electron chi connectivity index (χ2n) is 7.22. The first-order valence-electron chi connectivity index (χ1n) is 10.4. The molecule has 0 saturated heterocycles. The Kier molecular flexibility index (Phi) is 6.20. The summed E-state index contributed by atoms with van der Waals surface area (Å²) in [6.07, 6.45) is 1.39. The Hall–Kier alpha value is -4.41. The Morgan fingerprint density at radius 3 is 2.73 bits per heavy atom. The molecule has 4 rings (SSSR count). The molecule has 0 atom stereocenters. The van der Waals surface area contributed by atoms with Gasteiger partial charge in [-0.25, -0.2) is 15.0 Å². The van der Waals surface area contributed by atoms with Gasteiger partial charge in [0.25, 0.3) is 5.91 Å². The number of hydrazone groups is 1. The lowest BCUT2D eigenvalue weighted by atomic mass is 10.2. The molecule has 4 aromatic rings. The van der Waals surface area contributed by atoms with Gasteiger partial charge in [0.2, 0.25) is 0 Å². The van der Waals surface area contributed by atoms with Gasteiger partial charge in [0, 0.05) is 30.4 Å². The van der Waals surface area contributed by atoms with Gasteiger partial charge >= 0.3 is 0 Å². The lowest BCUT2D eigenvalue weighted by Crippen LogP contribution is -2.23. The molecule has 33 heavy (non-hydrogen) atoms. The number of para-hydroxylation sites is 2. The Bertz CT molecular complexity index is 1310. The maximum Gasteiger partial charge on any atom is 0.260 e. The van der Waals surface area contributed by atoms with Gasteiger partial charge in [-0.1, -0.05) is 12.1 Å². The minimum Gasteiger partial charge on any atom is -0.507 e. The van der Waals surface area contributed by atoms with Crippen LogP contribution in [0.4, 0.5) is 11.5 Å². The number of carbonyl (C=O) groups is 1. The molecule has 0 saturated carbocycles. The smallest absolute Gasteiger partial charge is 0.260 e. The molecule has 4 N–H and O–H groups in total. The van der Waals surface area contributed by atoms with Crippen LogP contribution in [0, 0.1) is 0 Å². The second kappa shape index (κ2) is 9.39. The number of imidazole rings is 1. The Morgan fingerprint density at radius 2 is 2.03 bits per heavy atom. The minimum absolute atomic E-state index is 0.0774. The average molecular weight is 448 g/mol. The summed E-state index contributed by atoms with van der Waals surface area (Å²) in [5.74, 6) is 0.117. The van der Waals surface area contributed by atoms with E-state index in [4.69, 9.17) is 5.73 Å². The molecule has 2 aromatic carbocycles. The van der Waals surface area contributed by atoms with E-state index in [2.05, 4.69) is 35.4 Å². The van der Waals surface area contributed by atoms with E-state index in [0.29, 0.717) is 16.9 Å². The molecule has 2 heterocycles. The van der Waals surface area contributed by atoms with Gasteiger partial charge in [0.1, 0.15) is 12.3 Å². The molecule has 0 bridgehead atoms. The summed E-state index contributed by atoms with van der Waals surface area (Å²) in [6, 6.07) is 12.7. The van der Waals surface area contributed by atoms with E-state index in [0.717, 1.165) is 24.3 Å². The number of rotatable bonds is 8. The number of phenols is 1. The van der Waals surface area contributed by atoms with Gasteiger partial charge in [0.15, 0.2) is 17.3 Å². The first-order chi connectivity index (χ1) is 16.0. The summed E-state index contributed by atoms with van der Waals surface area (Å²) < 4.78 is 6.35. The average Bonchev–Trinajstić information content (AvgIpc) is 3.39. The fraction of sp³-hybridized carbons (Fsp3) is 0.227. The van der Waals surface area contributed by atoms with Gasteiger partial charge in [-0.15, -0.1) is 0 Å². The van der Waals surface area contributed by atoms with Gasteiger partial charge in [-0.2, -0.15) is 5.10 Å². The summed E-state index contributed by atoms with van der Waals surface area (Å²) in [7, 11) is 0. The van der Waals surface area contributed by atoms with Crippen molar-refractivity contribution >= 4 is 34.7 Å². The van der Waals surface area contributed by atoms with Crippen molar-refractivity contribution in [1.29, 1.82) is 0 Å².